The van der Waals surface area contributed by atoms with Crippen LogP contribution in [-0.4, -0.2) is 81.9 Å². The number of hydrogen-bond acceptors (Lipinski definition) is 7. The molecule has 4 aromatic rings. The van der Waals surface area contributed by atoms with E-state index in [1.54, 1.807) is 72.8 Å². The third-order valence-electron chi connectivity index (χ3n) is 7.23. The van der Waals surface area contributed by atoms with E-state index in [0.717, 1.165) is 6.61 Å². The minimum absolute atomic E-state index is 0.108. The van der Waals surface area contributed by atoms with Gasteiger partial charge in [-0.25, -0.2) is 13.6 Å². The molecule has 2 fully saturated rings. The molecule has 0 aromatic heterocycles. The first kappa shape index (κ1) is 38.4. The Labute approximate surface area is 295 Å². The molecule has 2 aliphatic heterocycles. The maximum Gasteiger partial charge on any atom is 0.335 e. The lowest BCUT2D eigenvalue weighted by molar-refractivity contribution is -0.0855. The van der Waals surface area contributed by atoms with Crippen molar-refractivity contribution in [3.05, 3.63) is 142 Å². The Morgan fingerprint density at radius 2 is 1.14 bits per heavy atom. The summed E-state index contributed by atoms with van der Waals surface area (Å²) in [7, 11) is 0. The maximum atomic E-state index is 13.5. The highest BCUT2D eigenvalue weighted by molar-refractivity contribution is 5.94. The molecule has 0 bridgehead atoms. The topological polar surface area (TPSA) is 129 Å². The summed E-state index contributed by atoms with van der Waals surface area (Å²) in [6.07, 6.45) is 0.0346. The molecule has 2 unspecified atom stereocenters. The van der Waals surface area contributed by atoms with Crippen molar-refractivity contribution in [1.29, 1.82) is 0 Å². The van der Waals surface area contributed by atoms with Gasteiger partial charge in [0.15, 0.2) is 0 Å². The van der Waals surface area contributed by atoms with Crippen LogP contribution >= 0.6 is 0 Å². The van der Waals surface area contributed by atoms with Crippen LogP contribution in [0.15, 0.2) is 97.1 Å². The summed E-state index contributed by atoms with van der Waals surface area (Å²) in [6, 6.07) is 25.6. The number of carboxylic acids is 1. The molecule has 2 aliphatic rings. The van der Waals surface area contributed by atoms with Crippen molar-refractivity contribution in [2.45, 2.75) is 12.2 Å². The van der Waals surface area contributed by atoms with E-state index in [1.165, 1.54) is 24.3 Å². The lowest BCUT2D eigenvalue weighted by atomic mass is 10.1. The van der Waals surface area contributed by atoms with Gasteiger partial charge in [-0.2, -0.15) is 0 Å². The first-order valence-corrected chi connectivity index (χ1v) is 16.2. The molecule has 0 saturated carbocycles. The molecule has 51 heavy (non-hydrogen) atoms. The molecule has 9 nitrogen and oxygen atoms in total. The van der Waals surface area contributed by atoms with E-state index in [-0.39, 0.29) is 35.3 Å². The summed E-state index contributed by atoms with van der Waals surface area (Å²) in [4.78, 5) is 22.8. The second-order valence-electron chi connectivity index (χ2n) is 11.0. The van der Waals surface area contributed by atoms with E-state index < -0.39 is 5.97 Å². The third-order valence-corrected chi connectivity index (χ3v) is 7.23. The second-order valence-corrected chi connectivity index (χ2v) is 11.0. The molecule has 4 N–H and O–H groups in total. The van der Waals surface area contributed by atoms with Crippen molar-refractivity contribution in [2.75, 3.05) is 52.7 Å². The highest BCUT2D eigenvalue weighted by Gasteiger charge is 2.16. The first-order valence-electron chi connectivity index (χ1n) is 16.2. The van der Waals surface area contributed by atoms with E-state index in [1.807, 2.05) is 0 Å². The SMILES string of the molecule is NCC1COCCO1.O=C(NCC1COCCO1)c1ccc(C#Cc2ccccc2F)cc1.O=C(O)c1ccc(C#Cc2ccccc2F)cc1. The number of carbonyl (C=O) groups excluding carboxylic acids is 1. The third kappa shape index (κ3) is 13.4. The first-order chi connectivity index (χ1) is 24.8. The zero-order valence-electron chi connectivity index (χ0n) is 27.8. The number of ether oxygens (including phenoxy) is 4. The van der Waals surface area contributed by atoms with Gasteiger partial charge in [0, 0.05) is 29.8 Å². The van der Waals surface area contributed by atoms with Crippen LogP contribution in [0.2, 0.25) is 0 Å². The Bertz CT molecular complexity index is 1830. The van der Waals surface area contributed by atoms with E-state index in [4.69, 9.17) is 29.8 Å². The average molecular weight is 697 g/mol. The Kier molecular flexibility index (Phi) is 15.8. The minimum atomic E-state index is -0.983. The number of hydrogen-bond donors (Lipinski definition) is 3. The van der Waals surface area contributed by atoms with Crippen LogP contribution in [0.4, 0.5) is 8.78 Å². The molecule has 11 heteroatoms. The van der Waals surface area contributed by atoms with E-state index in [9.17, 15) is 18.4 Å². The average Bonchev–Trinajstić information content (AvgIpc) is 3.18. The predicted octanol–water partition coefficient (Wildman–Crippen LogP) is 4.65. The fourth-order valence-corrected chi connectivity index (χ4v) is 4.44. The van der Waals surface area contributed by atoms with Crippen molar-refractivity contribution in [2.24, 2.45) is 5.73 Å². The van der Waals surface area contributed by atoms with Crippen LogP contribution in [0.3, 0.4) is 0 Å². The van der Waals surface area contributed by atoms with Crippen molar-refractivity contribution < 1.29 is 42.4 Å². The predicted molar refractivity (Wildman–Crippen MR) is 187 cm³/mol. The number of aromatic carboxylic acids is 1. The van der Waals surface area contributed by atoms with Gasteiger partial charge in [0.1, 0.15) is 11.6 Å². The summed E-state index contributed by atoms with van der Waals surface area (Å²) < 4.78 is 47.8. The highest BCUT2D eigenvalue weighted by atomic mass is 19.1. The number of amides is 1. The number of rotatable bonds is 5. The van der Waals surface area contributed by atoms with Gasteiger partial charge in [-0.15, -0.1) is 0 Å². The zero-order valence-corrected chi connectivity index (χ0v) is 27.8. The van der Waals surface area contributed by atoms with Gasteiger partial charge in [0.25, 0.3) is 5.91 Å². The van der Waals surface area contributed by atoms with Gasteiger partial charge >= 0.3 is 5.97 Å². The summed E-state index contributed by atoms with van der Waals surface area (Å²) >= 11 is 0. The van der Waals surface area contributed by atoms with E-state index >= 15 is 0 Å². The number of carbonyl (C=O) groups is 2. The summed E-state index contributed by atoms with van der Waals surface area (Å²) in [5, 5.41) is 11.6. The van der Waals surface area contributed by atoms with Gasteiger partial charge in [-0.3, -0.25) is 4.79 Å². The second kappa shape index (κ2) is 21.0. The smallest absolute Gasteiger partial charge is 0.335 e. The summed E-state index contributed by atoms with van der Waals surface area (Å²) in [5.74, 6) is 9.30. The minimum Gasteiger partial charge on any atom is -0.478 e. The number of nitrogens with two attached hydrogens (primary N) is 1. The van der Waals surface area contributed by atoms with Gasteiger partial charge in [-0.05, 0) is 72.8 Å². The fourth-order valence-electron chi connectivity index (χ4n) is 4.44. The summed E-state index contributed by atoms with van der Waals surface area (Å²) in [5.41, 5.74) is 8.05. The lowest BCUT2D eigenvalue weighted by Crippen LogP contribution is -2.39. The monoisotopic (exact) mass is 696 g/mol. The molecule has 264 valence electrons. The molecular formula is C40H38F2N2O7. The van der Waals surface area contributed by atoms with Crippen LogP contribution in [-0.2, 0) is 18.9 Å². The molecular weight excluding hydrogens is 658 g/mol. The van der Waals surface area contributed by atoms with Crippen LogP contribution in [0, 0.1) is 35.3 Å². The van der Waals surface area contributed by atoms with Gasteiger partial charge in [-0.1, -0.05) is 47.9 Å². The maximum absolute atomic E-state index is 13.5. The quantitative estimate of drug-likeness (QED) is 0.257. The van der Waals surface area contributed by atoms with E-state index in [2.05, 4.69) is 29.0 Å². The standard InChI is InChI=1S/C20H18FNO3.C15H9FO2.C5H11NO2/c21-19-4-2-1-3-16(19)8-5-15-6-9-17(10-7-15)20(23)22-13-18-14-24-11-12-25-18;16-14-4-2-1-3-12(14)8-5-11-6-9-13(10-7-11)15(17)18;6-3-5-4-7-1-2-8-5/h1-4,6-7,9-10,18H,11-14H2,(H,22,23);1-4,6-7,9-10H,(H,17,18);5H,1-4,6H2. The summed E-state index contributed by atoms with van der Waals surface area (Å²) in [6.45, 7) is 4.70. The molecule has 2 atom stereocenters. The molecule has 2 heterocycles. The van der Waals surface area contributed by atoms with Crippen LogP contribution in [0.1, 0.15) is 43.0 Å². The molecule has 2 saturated heterocycles. The van der Waals surface area contributed by atoms with E-state index in [0.29, 0.717) is 73.9 Å². The Balaban J connectivity index is 0.000000194. The zero-order chi connectivity index (χ0) is 36.3. The molecule has 0 radical (unpaired) electrons. The highest BCUT2D eigenvalue weighted by Crippen LogP contribution is 2.09. The Morgan fingerprint density at radius 1 is 0.667 bits per heavy atom. The molecule has 0 aliphatic carbocycles. The largest absolute Gasteiger partial charge is 0.478 e. The lowest BCUT2D eigenvalue weighted by Gasteiger charge is -2.23. The van der Waals surface area contributed by atoms with Gasteiger partial charge in [0.2, 0.25) is 0 Å². The number of halogens is 2. The number of benzene rings is 4. The Hall–Kier alpha value is -5.40. The van der Waals surface area contributed by atoms with Gasteiger partial charge < -0.3 is 35.1 Å². The normalized spacial score (nSPS) is 16.2. The van der Waals surface area contributed by atoms with Crippen molar-refractivity contribution in [3.63, 3.8) is 0 Å². The van der Waals surface area contributed by atoms with Crippen molar-refractivity contribution in [1.82, 2.24) is 5.32 Å². The molecule has 0 spiro atoms. The molecule has 6 rings (SSSR count). The fraction of sp³-hybridized carbons (Fsp3) is 0.250. The Morgan fingerprint density at radius 3 is 1.55 bits per heavy atom. The van der Waals surface area contributed by atoms with Crippen molar-refractivity contribution >= 4 is 11.9 Å². The van der Waals surface area contributed by atoms with Crippen LogP contribution in [0.25, 0.3) is 0 Å². The van der Waals surface area contributed by atoms with Gasteiger partial charge in [0.05, 0.1) is 68.5 Å². The molecule has 4 aromatic carbocycles. The number of carboxylic acid groups (broad SMARTS) is 1. The number of nitrogens with one attached hydrogen (secondary N) is 1. The van der Waals surface area contributed by atoms with Crippen molar-refractivity contribution in [3.8, 4) is 23.7 Å². The van der Waals surface area contributed by atoms with Crippen LogP contribution in [0.5, 0.6) is 0 Å². The molecule has 1 amide bonds. The van der Waals surface area contributed by atoms with Crippen LogP contribution < -0.4 is 11.1 Å².